The number of imidazole rings is 1. The molecule has 2 aromatic heterocycles. The minimum atomic E-state index is 0.620. The third-order valence-corrected chi connectivity index (χ3v) is 4.54. The highest BCUT2D eigenvalue weighted by Crippen LogP contribution is 2.24. The van der Waals surface area contributed by atoms with E-state index in [0.29, 0.717) is 12.1 Å². The van der Waals surface area contributed by atoms with Crippen molar-refractivity contribution in [3.63, 3.8) is 0 Å². The van der Waals surface area contributed by atoms with E-state index in [2.05, 4.69) is 41.3 Å². The van der Waals surface area contributed by atoms with Crippen LogP contribution in [0.25, 0.3) is 11.2 Å². The van der Waals surface area contributed by atoms with Gasteiger partial charge in [0.25, 0.3) is 0 Å². The standard InChI is InChI=1S/C17H26N4/c1-4-7-16-19-15-9-5-10-18-17(15)21(16)12-14-8-6-11-20(14)13(2)3/h5,9-10,13-14H,4,6-8,11-12H2,1-3H3. The van der Waals surface area contributed by atoms with Crippen molar-refractivity contribution in [3.8, 4) is 0 Å². The Morgan fingerprint density at radius 1 is 1.38 bits per heavy atom. The summed E-state index contributed by atoms with van der Waals surface area (Å²) >= 11 is 0. The van der Waals surface area contributed by atoms with Crippen molar-refractivity contribution in [1.29, 1.82) is 0 Å². The van der Waals surface area contributed by atoms with Crippen molar-refractivity contribution in [2.45, 2.75) is 65.1 Å². The van der Waals surface area contributed by atoms with Crippen molar-refractivity contribution in [1.82, 2.24) is 19.4 Å². The minimum Gasteiger partial charge on any atom is -0.311 e. The van der Waals surface area contributed by atoms with Crippen LogP contribution in [0.15, 0.2) is 18.3 Å². The monoisotopic (exact) mass is 286 g/mol. The lowest BCUT2D eigenvalue weighted by molar-refractivity contribution is 0.187. The Balaban J connectivity index is 1.93. The average Bonchev–Trinajstić information content (AvgIpc) is 3.06. The molecule has 4 nitrogen and oxygen atoms in total. The molecule has 3 rings (SSSR count). The number of nitrogens with zero attached hydrogens (tertiary/aromatic N) is 4. The second-order valence-corrected chi connectivity index (χ2v) is 6.36. The molecular formula is C17H26N4. The zero-order chi connectivity index (χ0) is 14.8. The zero-order valence-electron chi connectivity index (χ0n) is 13.4. The van der Waals surface area contributed by atoms with E-state index in [1.165, 1.54) is 25.2 Å². The fourth-order valence-corrected chi connectivity index (χ4v) is 3.56. The molecule has 4 heteroatoms. The predicted molar refractivity (Wildman–Crippen MR) is 86.4 cm³/mol. The molecule has 0 amide bonds. The zero-order valence-corrected chi connectivity index (χ0v) is 13.4. The summed E-state index contributed by atoms with van der Waals surface area (Å²) < 4.78 is 2.37. The largest absolute Gasteiger partial charge is 0.311 e. The molecule has 1 aliphatic heterocycles. The summed E-state index contributed by atoms with van der Waals surface area (Å²) in [5.74, 6) is 1.20. The van der Waals surface area contributed by atoms with Crippen LogP contribution in [0.4, 0.5) is 0 Å². The van der Waals surface area contributed by atoms with Crippen LogP contribution in [0, 0.1) is 0 Å². The van der Waals surface area contributed by atoms with Gasteiger partial charge in [-0.25, -0.2) is 9.97 Å². The number of likely N-dealkylation sites (tertiary alicyclic amines) is 1. The minimum absolute atomic E-state index is 0.620. The molecule has 3 heterocycles. The first kappa shape index (κ1) is 14.5. The van der Waals surface area contributed by atoms with Gasteiger partial charge in [0, 0.05) is 31.2 Å². The molecule has 0 saturated carbocycles. The van der Waals surface area contributed by atoms with Gasteiger partial charge in [-0.3, -0.25) is 4.90 Å². The average molecular weight is 286 g/mol. The number of hydrogen-bond acceptors (Lipinski definition) is 3. The summed E-state index contributed by atoms with van der Waals surface area (Å²) in [6.45, 7) is 9.07. The summed E-state index contributed by atoms with van der Waals surface area (Å²) in [4.78, 5) is 12.0. The lowest BCUT2D eigenvalue weighted by Crippen LogP contribution is -2.38. The van der Waals surface area contributed by atoms with Crippen molar-refractivity contribution in [2.24, 2.45) is 0 Å². The van der Waals surface area contributed by atoms with Crippen LogP contribution in [0.3, 0.4) is 0 Å². The van der Waals surface area contributed by atoms with E-state index < -0.39 is 0 Å². The molecule has 1 fully saturated rings. The molecule has 0 spiro atoms. The van der Waals surface area contributed by atoms with E-state index in [-0.39, 0.29) is 0 Å². The first-order valence-corrected chi connectivity index (χ1v) is 8.26. The van der Waals surface area contributed by atoms with Gasteiger partial charge in [-0.15, -0.1) is 0 Å². The predicted octanol–water partition coefficient (Wildman–Crippen LogP) is 3.26. The maximum Gasteiger partial charge on any atom is 0.160 e. The second kappa shape index (κ2) is 6.14. The Labute approximate surface area is 127 Å². The highest BCUT2D eigenvalue weighted by molar-refractivity contribution is 5.71. The maximum absolute atomic E-state index is 4.80. The third-order valence-electron chi connectivity index (χ3n) is 4.54. The quantitative estimate of drug-likeness (QED) is 0.846. The maximum atomic E-state index is 4.80. The van der Waals surface area contributed by atoms with E-state index in [1.54, 1.807) is 0 Å². The molecular weight excluding hydrogens is 260 g/mol. The van der Waals surface area contributed by atoms with Crippen LogP contribution in [-0.2, 0) is 13.0 Å². The summed E-state index contributed by atoms with van der Waals surface area (Å²) in [5, 5.41) is 0. The lowest BCUT2D eigenvalue weighted by Gasteiger charge is -2.29. The Morgan fingerprint density at radius 2 is 2.24 bits per heavy atom. The Bertz CT molecular complexity index is 602. The number of hydrogen-bond donors (Lipinski definition) is 0. The normalized spacial score (nSPS) is 19.9. The Morgan fingerprint density at radius 3 is 3.00 bits per heavy atom. The van der Waals surface area contributed by atoms with Crippen molar-refractivity contribution >= 4 is 11.2 Å². The van der Waals surface area contributed by atoms with Crippen molar-refractivity contribution < 1.29 is 0 Å². The van der Waals surface area contributed by atoms with Crippen LogP contribution in [0.5, 0.6) is 0 Å². The highest BCUT2D eigenvalue weighted by atomic mass is 15.2. The summed E-state index contributed by atoms with van der Waals surface area (Å²) in [7, 11) is 0. The van der Waals surface area contributed by atoms with Gasteiger partial charge in [0.05, 0.1) is 0 Å². The van der Waals surface area contributed by atoms with E-state index in [9.17, 15) is 0 Å². The van der Waals surface area contributed by atoms with Crippen LogP contribution in [-0.4, -0.2) is 38.1 Å². The van der Waals surface area contributed by atoms with E-state index in [1.807, 2.05) is 12.3 Å². The molecule has 0 N–H and O–H groups in total. The van der Waals surface area contributed by atoms with Gasteiger partial charge in [-0.05, 0) is 51.8 Å². The van der Waals surface area contributed by atoms with E-state index in [4.69, 9.17) is 4.98 Å². The first-order chi connectivity index (χ1) is 10.2. The lowest BCUT2D eigenvalue weighted by atomic mass is 10.2. The van der Waals surface area contributed by atoms with Gasteiger partial charge in [0.1, 0.15) is 11.3 Å². The van der Waals surface area contributed by atoms with Crippen molar-refractivity contribution in [2.75, 3.05) is 6.54 Å². The molecule has 21 heavy (non-hydrogen) atoms. The van der Waals surface area contributed by atoms with Gasteiger partial charge >= 0.3 is 0 Å². The van der Waals surface area contributed by atoms with E-state index in [0.717, 1.165) is 30.6 Å². The fraction of sp³-hybridized carbons (Fsp3) is 0.647. The number of aromatic nitrogens is 3. The number of fused-ring (bicyclic) bond motifs is 1. The van der Waals surface area contributed by atoms with Gasteiger partial charge in [-0.2, -0.15) is 0 Å². The second-order valence-electron chi connectivity index (χ2n) is 6.36. The van der Waals surface area contributed by atoms with Crippen LogP contribution in [0.1, 0.15) is 45.9 Å². The first-order valence-electron chi connectivity index (χ1n) is 8.26. The van der Waals surface area contributed by atoms with E-state index >= 15 is 0 Å². The topological polar surface area (TPSA) is 34.0 Å². The SMILES string of the molecule is CCCc1nc2cccnc2n1CC1CCCN1C(C)C. The smallest absolute Gasteiger partial charge is 0.160 e. The van der Waals surface area contributed by atoms with Gasteiger partial charge < -0.3 is 4.57 Å². The molecule has 1 atom stereocenters. The Kier molecular flexibility index (Phi) is 4.24. The van der Waals surface area contributed by atoms with Gasteiger partial charge in [0.2, 0.25) is 0 Å². The number of aryl methyl sites for hydroxylation is 1. The number of rotatable bonds is 5. The summed E-state index contributed by atoms with van der Waals surface area (Å²) in [5.41, 5.74) is 2.09. The van der Waals surface area contributed by atoms with Crippen LogP contribution < -0.4 is 0 Å². The number of pyridine rings is 1. The van der Waals surface area contributed by atoms with Crippen molar-refractivity contribution in [3.05, 3.63) is 24.2 Å². The molecule has 1 aliphatic rings. The highest BCUT2D eigenvalue weighted by Gasteiger charge is 2.28. The molecule has 0 bridgehead atoms. The molecule has 0 aliphatic carbocycles. The molecule has 0 radical (unpaired) electrons. The molecule has 114 valence electrons. The Hall–Kier alpha value is -1.42. The molecule has 0 aromatic carbocycles. The van der Waals surface area contributed by atoms with Crippen LogP contribution >= 0.6 is 0 Å². The molecule has 2 aromatic rings. The molecule has 1 unspecified atom stereocenters. The third kappa shape index (κ3) is 2.82. The van der Waals surface area contributed by atoms with Crippen LogP contribution in [0.2, 0.25) is 0 Å². The molecule has 1 saturated heterocycles. The summed E-state index contributed by atoms with van der Waals surface area (Å²) in [6.07, 6.45) is 6.64. The van der Waals surface area contributed by atoms with Gasteiger partial charge in [-0.1, -0.05) is 6.92 Å². The van der Waals surface area contributed by atoms with Gasteiger partial charge in [0.15, 0.2) is 5.65 Å². The summed E-state index contributed by atoms with van der Waals surface area (Å²) in [6, 6.07) is 5.30. The fourth-order valence-electron chi connectivity index (χ4n) is 3.56.